The van der Waals surface area contributed by atoms with Gasteiger partial charge in [-0.1, -0.05) is 0 Å². The lowest BCUT2D eigenvalue weighted by molar-refractivity contribution is 0.351. The van der Waals surface area contributed by atoms with Gasteiger partial charge in [0.2, 0.25) is 0 Å². The molecule has 1 aliphatic heterocycles. The van der Waals surface area contributed by atoms with Crippen LogP contribution in [-0.4, -0.2) is 42.8 Å². The molecule has 1 saturated heterocycles. The minimum atomic E-state index is 0.574. The number of hydrogen-bond acceptors (Lipinski definition) is 5. The maximum atomic E-state index is 4.49. The number of H-pyrrole nitrogens is 1. The van der Waals surface area contributed by atoms with Crippen LogP contribution < -0.4 is 4.90 Å². The SMILES string of the molecule is c1nc(N2CCC[C@H](Cn3cncn3)C2)c2cc[nH]c2n1. The lowest BCUT2D eigenvalue weighted by Gasteiger charge is -2.33. The van der Waals surface area contributed by atoms with E-state index in [9.17, 15) is 0 Å². The molecule has 1 N–H and O–H groups in total. The molecule has 21 heavy (non-hydrogen) atoms. The summed E-state index contributed by atoms with van der Waals surface area (Å²) in [5.74, 6) is 1.61. The van der Waals surface area contributed by atoms with Gasteiger partial charge in [0.05, 0.1) is 5.39 Å². The molecule has 0 spiro atoms. The topological polar surface area (TPSA) is 75.5 Å². The second-order valence-corrected chi connectivity index (χ2v) is 5.51. The van der Waals surface area contributed by atoms with E-state index in [1.807, 2.05) is 16.9 Å². The Hall–Kier alpha value is -2.44. The van der Waals surface area contributed by atoms with Gasteiger partial charge in [0, 0.05) is 25.8 Å². The molecule has 3 aromatic rings. The van der Waals surface area contributed by atoms with Crippen molar-refractivity contribution in [1.29, 1.82) is 0 Å². The Morgan fingerprint density at radius 2 is 2.29 bits per heavy atom. The number of nitrogens with zero attached hydrogens (tertiary/aromatic N) is 6. The first-order chi connectivity index (χ1) is 10.4. The van der Waals surface area contributed by atoms with Crippen molar-refractivity contribution in [1.82, 2.24) is 29.7 Å². The van der Waals surface area contributed by atoms with Gasteiger partial charge in [0.25, 0.3) is 0 Å². The molecule has 4 rings (SSSR count). The van der Waals surface area contributed by atoms with Gasteiger partial charge in [-0.25, -0.2) is 15.0 Å². The molecule has 108 valence electrons. The van der Waals surface area contributed by atoms with Crippen LogP contribution in [0.15, 0.2) is 31.2 Å². The van der Waals surface area contributed by atoms with Crippen LogP contribution in [0, 0.1) is 5.92 Å². The predicted octanol–water partition coefficient (Wildman–Crippen LogP) is 1.47. The number of aromatic amines is 1. The molecule has 1 fully saturated rings. The summed E-state index contributed by atoms with van der Waals surface area (Å²) in [5, 5.41) is 5.30. The molecule has 1 aliphatic rings. The molecule has 0 aliphatic carbocycles. The second kappa shape index (κ2) is 5.16. The maximum Gasteiger partial charge on any atom is 0.142 e. The van der Waals surface area contributed by atoms with E-state index in [-0.39, 0.29) is 0 Å². The van der Waals surface area contributed by atoms with Gasteiger partial charge < -0.3 is 9.88 Å². The molecule has 4 heterocycles. The van der Waals surface area contributed by atoms with E-state index < -0.39 is 0 Å². The fraction of sp³-hybridized carbons (Fsp3) is 0.429. The zero-order chi connectivity index (χ0) is 14.1. The van der Waals surface area contributed by atoms with Crippen LogP contribution >= 0.6 is 0 Å². The Morgan fingerprint density at radius 1 is 1.29 bits per heavy atom. The van der Waals surface area contributed by atoms with Crippen LogP contribution in [0.5, 0.6) is 0 Å². The minimum absolute atomic E-state index is 0.574. The van der Waals surface area contributed by atoms with E-state index in [1.165, 1.54) is 12.8 Å². The Balaban J connectivity index is 1.56. The highest BCUT2D eigenvalue weighted by Gasteiger charge is 2.23. The largest absolute Gasteiger partial charge is 0.356 e. The first-order valence-electron chi connectivity index (χ1n) is 7.25. The van der Waals surface area contributed by atoms with Gasteiger partial charge in [0.1, 0.15) is 30.4 Å². The monoisotopic (exact) mass is 283 g/mol. The molecule has 0 bridgehead atoms. The van der Waals surface area contributed by atoms with Gasteiger partial charge in [-0.05, 0) is 24.8 Å². The lowest BCUT2D eigenvalue weighted by atomic mass is 9.98. The number of piperidine rings is 1. The summed E-state index contributed by atoms with van der Waals surface area (Å²) in [6, 6.07) is 2.05. The lowest BCUT2D eigenvalue weighted by Crippen LogP contribution is -2.37. The molecule has 0 saturated carbocycles. The summed E-state index contributed by atoms with van der Waals surface area (Å²) in [5.41, 5.74) is 0.901. The highest BCUT2D eigenvalue weighted by atomic mass is 15.3. The van der Waals surface area contributed by atoms with Crippen molar-refractivity contribution < 1.29 is 0 Å². The number of aromatic nitrogens is 6. The van der Waals surface area contributed by atoms with E-state index in [0.29, 0.717) is 5.92 Å². The summed E-state index contributed by atoms with van der Waals surface area (Å²) >= 11 is 0. The van der Waals surface area contributed by atoms with Crippen LogP contribution in [0.3, 0.4) is 0 Å². The van der Waals surface area contributed by atoms with Gasteiger partial charge >= 0.3 is 0 Å². The first kappa shape index (κ1) is 12.3. The molecular formula is C14H17N7. The maximum absolute atomic E-state index is 4.49. The van der Waals surface area contributed by atoms with Crippen LogP contribution in [-0.2, 0) is 6.54 Å². The Bertz CT molecular complexity index is 718. The molecule has 3 aromatic heterocycles. The quantitative estimate of drug-likeness (QED) is 0.787. The molecule has 0 radical (unpaired) electrons. The summed E-state index contributed by atoms with van der Waals surface area (Å²) in [4.78, 5) is 18.3. The van der Waals surface area contributed by atoms with Gasteiger partial charge in [-0.3, -0.25) is 4.68 Å². The summed E-state index contributed by atoms with van der Waals surface area (Å²) in [6.07, 6.45) is 9.32. The van der Waals surface area contributed by atoms with Crippen molar-refractivity contribution in [3.05, 3.63) is 31.2 Å². The highest BCUT2D eigenvalue weighted by molar-refractivity contribution is 5.87. The highest BCUT2D eigenvalue weighted by Crippen LogP contribution is 2.27. The Kier molecular flexibility index (Phi) is 3.02. The average Bonchev–Trinajstić information content (AvgIpc) is 3.18. The van der Waals surface area contributed by atoms with E-state index >= 15 is 0 Å². The summed E-state index contributed by atoms with van der Waals surface area (Å²) < 4.78 is 1.92. The molecule has 0 aromatic carbocycles. The van der Waals surface area contributed by atoms with E-state index in [1.54, 1.807) is 19.0 Å². The third-order valence-corrected chi connectivity index (χ3v) is 4.06. The van der Waals surface area contributed by atoms with Gasteiger partial charge in [0.15, 0.2) is 0 Å². The standard InChI is InChI=1S/C14H17N7/c1-2-11(7-21-10-15-8-19-21)6-20(5-1)14-12-3-4-16-13(12)17-9-18-14/h3-4,8-11H,1-2,5-7H2,(H,16,17,18)/t11-/m0/s1. The smallest absolute Gasteiger partial charge is 0.142 e. The van der Waals surface area contributed by atoms with Crippen molar-refractivity contribution in [2.45, 2.75) is 19.4 Å². The molecule has 0 amide bonds. The predicted molar refractivity (Wildman–Crippen MR) is 78.8 cm³/mol. The number of rotatable bonds is 3. The number of fused-ring (bicyclic) bond motifs is 1. The van der Waals surface area contributed by atoms with Crippen molar-refractivity contribution >= 4 is 16.9 Å². The van der Waals surface area contributed by atoms with Crippen LogP contribution in [0.4, 0.5) is 5.82 Å². The number of anilines is 1. The zero-order valence-electron chi connectivity index (χ0n) is 11.7. The summed E-state index contributed by atoms with van der Waals surface area (Å²) in [6.45, 7) is 2.96. The first-order valence-corrected chi connectivity index (χ1v) is 7.25. The summed E-state index contributed by atoms with van der Waals surface area (Å²) in [7, 11) is 0. The zero-order valence-corrected chi connectivity index (χ0v) is 11.7. The normalized spacial score (nSPS) is 19.2. The van der Waals surface area contributed by atoms with E-state index in [2.05, 4.69) is 29.9 Å². The Morgan fingerprint density at radius 3 is 3.19 bits per heavy atom. The van der Waals surface area contributed by atoms with E-state index in [0.717, 1.165) is 36.5 Å². The van der Waals surface area contributed by atoms with Crippen molar-refractivity contribution in [2.24, 2.45) is 5.92 Å². The van der Waals surface area contributed by atoms with Gasteiger partial charge in [-0.2, -0.15) is 5.10 Å². The molecular weight excluding hydrogens is 266 g/mol. The molecule has 7 heteroatoms. The van der Waals surface area contributed by atoms with Crippen molar-refractivity contribution in [3.8, 4) is 0 Å². The molecule has 1 atom stereocenters. The third-order valence-electron chi connectivity index (χ3n) is 4.06. The van der Waals surface area contributed by atoms with Gasteiger partial charge in [-0.15, -0.1) is 0 Å². The third kappa shape index (κ3) is 2.35. The number of hydrogen-bond donors (Lipinski definition) is 1. The van der Waals surface area contributed by atoms with Crippen molar-refractivity contribution in [3.63, 3.8) is 0 Å². The van der Waals surface area contributed by atoms with Crippen LogP contribution in [0.25, 0.3) is 11.0 Å². The number of nitrogens with one attached hydrogen (secondary N) is 1. The molecule has 0 unspecified atom stereocenters. The fourth-order valence-corrected chi connectivity index (χ4v) is 3.11. The average molecular weight is 283 g/mol. The van der Waals surface area contributed by atoms with Crippen LogP contribution in [0.2, 0.25) is 0 Å². The van der Waals surface area contributed by atoms with Crippen molar-refractivity contribution in [2.75, 3.05) is 18.0 Å². The van der Waals surface area contributed by atoms with Crippen LogP contribution in [0.1, 0.15) is 12.8 Å². The fourth-order valence-electron chi connectivity index (χ4n) is 3.11. The minimum Gasteiger partial charge on any atom is -0.356 e. The molecule has 7 nitrogen and oxygen atoms in total. The van der Waals surface area contributed by atoms with E-state index in [4.69, 9.17) is 0 Å². The Labute approximate surface area is 122 Å². The second-order valence-electron chi connectivity index (χ2n) is 5.51.